The Morgan fingerprint density at radius 3 is 2.89 bits per heavy atom. The number of nitrogens with two attached hydrogens (primary N) is 1. The summed E-state index contributed by atoms with van der Waals surface area (Å²) < 4.78 is 0.758. The number of nitrogens with zero attached hydrogens (tertiary/aromatic N) is 3. The van der Waals surface area contributed by atoms with Crippen LogP contribution in [-0.4, -0.2) is 16.1 Å². The van der Waals surface area contributed by atoms with Crippen LogP contribution in [0.3, 0.4) is 0 Å². The fraction of sp³-hybridized carbons (Fsp3) is 0. The number of anilines is 2. The number of halogens is 1. The summed E-state index contributed by atoms with van der Waals surface area (Å²) in [7, 11) is 0. The summed E-state index contributed by atoms with van der Waals surface area (Å²) in [5, 5.41) is 19.1. The van der Waals surface area contributed by atoms with Crippen molar-refractivity contribution < 1.29 is 4.79 Å². The van der Waals surface area contributed by atoms with Gasteiger partial charge in [0.2, 0.25) is 10.1 Å². The summed E-state index contributed by atoms with van der Waals surface area (Å²) in [5.41, 5.74) is 6.17. The topological polar surface area (TPSA) is 105 Å². The minimum atomic E-state index is -0.446. The lowest BCUT2D eigenvalue weighted by molar-refractivity contribution is 0.102. The van der Waals surface area contributed by atoms with Crippen LogP contribution in [0.1, 0.15) is 15.4 Å². The largest absolute Gasteiger partial charge is 0.374 e. The second kappa shape index (κ2) is 5.12. The highest BCUT2D eigenvalue weighted by molar-refractivity contribution is 9.10. The average Bonchev–Trinajstić information content (AvgIpc) is 2.76. The first-order valence-electron chi connectivity index (χ1n) is 4.70. The molecule has 3 N–H and O–H groups in total. The van der Waals surface area contributed by atoms with Gasteiger partial charge in [0.15, 0.2) is 0 Å². The van der Waals surface area contributed by atoms with Gasteiger partial charge in [0.25, 0.3) is 5.91 Å². The van der Waals surface area contributed by atoms with Crippen LogP contribution in [0.25, 0.3) is 0 Å². The Morgan fingerprint density at radius 1 is 1.50 bits per heavy atom. The Labute approximate surface area is 115 Å². The molecule has 6 nitrogen and oxygen atoms in total. The monoisotopic (exact) mass is 323 g/mol. The van der Waals surface area contributed by atoms with Gasteiger partial charge in [-0.2, -0.15) is 5.26 Å². The van der Waals surface area contributed by atoms with E-state index >= 15 is 0 Å². The highest BCUT2D eigenvalue weighted by Crippen LogP contribution is 2.22. The molecule has 18 heavy (non-hydrogen) atoms. The third-order valence-electron chi connectivity index (χ3n) is 1.99. The Balaban J connectivity index is 2.27. The van der Waals surface area contributed by atoms with Crippen molar-refractivity contribution in [2.24, 2.45) is 0 Å². The molecule has 2 rings (SSSR count). The molecule has 1 heterocycles. The predicted octanol–water partition coefficient (Wildman–Crippen LogP) is 2.01. The molecule has 1 aromatic heterocycles. The predicted molar refractivity (Wildman–Crippen MR) is 71.1 cm³/mol. The highest BCUT2D eigenvalue weighted by Gasteiger charge is 2.13. The fourth-order valence-electron chi connectivity index (χ4n) is 1.22. The van der Waals surface area contributed by atoms with Crippen molar-refractivity contribution in [1.29, 1.82) is 5.26 Å². The summed E-state index contributed by atoms with van der Waals surface area (Å²) in [6.45, 7) is 0. The van der Waals surface area contributed by atoms with E-state index in [0.717, 1.165) is 15.8 Å². The lowest BCUT2D eigenvalue weighted by Gasteiger charge is -2.05. The van der Waals surface area contributed by atoms with Gasteiger partial charge in [-0.05, 0) is 18.2 Å². The van der Waals surface area contributed by atoms with E-state index in [9.17, 15) is 4.79 Å². The maximum Gasteiger partial charge on any atom is 0.286 e. The Kier molecular flexibility index (Phi) is 3.55. The fourth-order valence-corrected chi connectivity index (χ4v) is 2.09. The second-order valence-electron chi connectivity index (χ2n) is 3.20. The van der Waals surface area contributed by atoms with Crippen LogP contribution >= 0.6 is 27.3 Å². The molecule has 0 spiro atoms. The van der Waals surface area contributed by atoms with Gasteiger partial charge < -0.3 is 11.1 Å². The van der Waals surface area contributed by atoms with Crippen LogP contribution in [0, 0.1) is 11.3 Å². The molecule has 0 fully saturated rings. The summed E-state index contributed by atoms with van der Waals surface area (Å²) in [4.78, 5) is 11.8. The third-order valence-corrected chi connectivity index (χ3v) is 3.23. The second-order valence-corrected chi connectivity index (χ2v) is 5.13. The van der Waals surface area contributed by atoms with Crippen molar-refractivity contribution in [2.75, 3.05) is 11.1 Å². The molecule has 0 unspecified atom stereocenters. The molecule has 0 aliphatic heterocycles. The zero-order valence-electron chi connectivity index (χ0n) is 8.85. The van der Waals surface area contributed by atoms with Crippen LogP contribution in [0.4, 0.5) is 10.8 Å². The molecule has 1 amide bonds. The Hall–Kier alpha value is -1.98. The van der Waals surface area contributed by atoms with Crippen LogP contribution in [0.15, 0.2) is 22.7 Å². The van der Waals surface area contributed by atoms with Gasteiger partial charge in [-0.1, -0.05) is 27.3 Å². The molecule has 90 valence electrons. The number of amides is 1. The van der Waals surface area contributed by atoms with E-state index in [0.29, 0.717) is 11.3 Å². The number of rotatable bonds is 2. The number of nitriles is 1. The van der Waals surface area contributed by atoms with Gasteiger partial charge in [0.1, 0.15) is 6.07 Å². The third kappa shape index (κ3) is 2.64. The first-order chi connectivity index (χ1) is 8.60. The maximum atomic E-state index is 11.8. The van der Waals surface area contributed by atoms with Crippen LogP contribution in [-0.2, 0) is 0 Å². The molecule has 0 aliphatic rings. The summed E-state index contributed by atoms with van der Waals surface area (Å²) in [5.74, 6) is -0.446. The zero-order chi connectivity index (χ0) is 13.1. The number of aromatic nitrogens is 2. The molecule has 8 heteroatoms. The summed E-state index contributed by atoms with van der Waals surface area (Å²) in [6, 6.07) is 6.96. The lowest BCUT2D eigenvalue weighted by Crippen LogP contribution is -2.12. The van der Waals surface area contributed by atoms with Crippen LogP contribution < -0.4 is 11.1 Å². The maximum absolute atomic E-state index is 11.8. The zero-order valence-corrected chi connectivity index (χ0v) is 11.2. The van der Waals surface area contributed by atoms with E-state index in [1.54, 1.807) is 18.2 Å². The van der Waals surface area contributed by atoms with E-state index in [-0.39, 0.29) is 10.1 Å². The molecule has 2 aromatic rings. The molecule has 0 saturated carbocycles. The molecule has 0 radical (unpaired) electrons. The molecule has 0 aliphatic carbocycles. The van der Waals surface area contributed by atoms with Crippen LogP contribution in [0.2, 0.25) is 0 Å². The molecular weight excluding hydrogens is 318 g/mol. The number of carbonyl (C=O) groups is 1. The van der Waals surface area contributed by atoms with E-state index < -0.39 is 5.91 Å². The van der Waals surface area contributed by atoms with Crippen molar-refractivity contribution in [3.05, 3.63) is 33.2 Å². The van der Waals surface area contributed by atoms with Gasteiger partial charge in [0.05, 0.1) is 11.3 Å². The van der Waals surface area contributed by atoms with Crippen molar-refractivity contribution >= 4 is 44.0 Å². The number of carbonyl (C=O) groups excluding carboxylic acids is 1. The number of nitrogens with one attached hydrogen (secondary N) is 1. The van der Waals surface area contributed by atoms with Crippen molar-refractivity contribution in [3.63, 3.8) is 0 Å². The van der Waals surface area contributed by atoms with Gasteiger partial charge in [-0.25, -0.2) is 0 Å². The number of hydrogen-bond acceptors (Lipinski definition) is 6. The molecule has 0 atom stereocenters. The first kappa shape index (κ1) is 12.5. The SMILES string of the molecule is N#Cc1ccc(Br)cc1NC(=O)c1nnc(N)s1. The van der Waals surface area contributed by atoms with Gasteiger partial charge in [-0.3, -0.25) is 4.79 Å². The molecule has 1 aromatic carbocycles. The Morgan fingerprint density at radius 2 is 2.28 bits per heavy atom. The first-order valence-corrected chi connectivity index (χ1v) is 6.31. The van der Waals surface area contributed by atoms with E-state index in [2.05, 4.69) is 31.4 Å². The lowest BCUT2D eigenvalue weighted by atomic mass is 10.2. The number of hydrogen-bond donors (Lipinski definition) is 2. The molecule has 0 bridgehead atoms. The van der Waals surface area contributed by atoms with Gasteiger partial charge >= 0.3 is 0 Å². The standard InChI is InChI=1S/C10H6BrN5OS/c11-6-2-1-5(4-12)7(3-6)14-8(17)9-15-16-10(13)18-9/h1-3H,(H2,13,16)(H,14,17). The number of nitrogen functional groups attached to an aromatic ring is 1. The normalized spacial score (nSPS) is 9.78. The minimum absolute atomic E-state index is 0.149. The Bertz CT molecular complexity index is 648. The molecule has 0 saturated heterocycles. The highest BCUT2D eigenvalue weighted by atomic mass is 79.9. The quantitative estimate of drug-likeness (QED) is 0.879. The minimum Gasteiger partial charge on any atom is -0.374 e. The van der Waals surface area contributed by atoms with Crippen LogP contribution in [0.5, 0.6) is 0 Å². The summed E-state index contributed by atoms with van der Waals surface area (Å²) in [6.07, 6.45) is 0. The van der Waals surface area contributed by atoms with E-state index in [4.69, 9.17) is 11.0 Å². The number of benzene rings is 1. The summed E-state index contributed by atoms with van der Waals surface area (Å²) >= 11 is 4.25. The van der Waals surface area contributed by atoms with Gasteiger partial charge in [-0.15, -0.1) is 10.2 Å². The van der Waals surface area contributed by atoms with Gasteiger partial charge in [0, 0.05) is 4.47 Å². The van der Waals surface area contributed by atoms with Crippen molar-refractivity contribution in [1.82, 2.24) is 10.2 Å². The molecular formula is C10H6BrN5OS. The smallest absolute Gasteiger partial charge is 0.286 e. The van der Waals surface area contributed by atoms with E-state index in [1.807, 2.05) is 6.07 Å². The average molecular weight is 324 g/mol. The van der Waals surface area contributed by atoms with Crippen molar-refractivity contribution in [2.45, 2.75) is 0 Å². The van der Waals surface area contributed by atoms with Crippen molar-refractivity contribution in [3.8, 4) is 6.07 Å². The van der Waals surface area contributed by atoms with E-state index in [1.165, 1.54) is 0 Å².